The zero-order chi connectivity index (χ0) is 21.1. The van der Waals surface area contributed by atoms with Crippen LogP contribution in [0.25, 0.3) is 6.08 Å². The number of benzene rings is 2. The van der Waals surface area contributed by atoms with Gasteiger partial charge in [-0.1, -0.05) is 24.8 Å². The zero-order valence-corrected chi connectivity index (χ0v) is 15.9. The van der Waals surface area contributed by atoms with Crippen molar-refractivity contribution < 1.29 is 28.6 Å². The summed E-state index contributed by atoms with van der Waals surface area (Å²) in [6, 6.07) is 13.2. The minimum absolute atomic E-state index is 0.363. The van der Waals surface area contributed by atoms with E-state index in [2.05, 4.69) is 16.6 Å². The average Bonchev–Trinajstić information content (AvgIpc) is 2.75. The lowest BCUT2D eigenvalue weighted by molar-refractivity contribution is -0.142. The minimum atomic E-state index is -0.645. The molecule has 2 rings (SSSR count). The van der Waals surface area contributed by atoms with Gasteiger partial charge in [-0.05, 0) is 48.0 Å². The Morgan fingerprint density at radius 2 is 1.72 bits per heavy atom. The van der Waals surface area contributed by atoms with E-state index < -0.39 is 24.5 Å². The average molecular weight is 395 g/mol. The van der Waals surface area contributed by atoms with Crippen LogP contribution in [0, 0.1) is 0 Å². The van der Waals surface area contributed by atoms with Crippen LogP contribution in [0.2, 0.25) is 0 Å². The summed E-state index contributed by atoms with van der Waals surface area (Å²) in [5, 5.41) is 2.56. The van der Waals surface area contributed by atoms with Gasteiger partial charge in [0.05, 0.1) is 12.7 Å². The second kappa shape index (κ2) is 11.1. The topological polar surface area (TPSA) is 90.9 Å². The molecule has 0 aromatic heterocycles. The van der Waals surface area contributed by atoms with Crippen LogP contribution in [0.4, 0.5) is 5.69 Å². The molecule has 0 aliphatic carbocycles. The molecule has 1 amide bonds. The van der Waals surface area contributed by atoms with Gasteiger partial charge in [0.2, 0.25) is 0 Å². The first-order chi connectivity index (χ1) is 14.0. The van der Waals surface area contributed by atoms with Crippen molar-refractivity contribution in [2.24, 2.45) is 0 Å². The van der Waals surface area contributed by atoms with Crippen LogP contribution in [0.3, 0.4) is 0 Å². The SMILES string of the molecule is C=CCOc1ccc(/C=C/C(=O)OCC(=O)Nc2ccc(C(=O)OC)cc2)cc1. The summed E-state index contributed by atoms with van der Waals surface area (Å²) in [7, 11) is 1.29. The van der Waals surface area contributed by atoms with Crippen molar-refractivity contribution in [1.82, 2.24) is 0 Å². The molecule has 0 heterocycles. The summed E-state index contributed by atoms with van der Waals surface area (Å²) in [5.74, 6) is -0.919. The van der Waals surface area contributed by atoms with E-state index in [-0.39, 0.29) is 0 Å². The molecule has 2 aromatic carbocycles. The number of carbonyl (C=O) groups excluding carboxylic acids is 3. The number of hydrogen-bond donors (Lipinski definition) is 1. The largest absolute Gasteiger partial charge is 0.490 e. The lowest BCUT2D eigenvalue weighted by atomic mass is 10.2. The monoisotopic (exact) mass is 395 g/mol. The van der Waals surface area contributed by atoms with Crippen LogP contribution in [0.1, 0.15) is 15.9 Å². The number of carbonyl (C=O) groups is 3. The van der Waals surface area contributed by atoms with Crippen molar-refractivity contribution in [1.29, 1.82) is 0 Å². The highest BCUT2D eigenvalue weighted by molar-refractivity contribution is 5.95. The molecular formula is C22H21NO6. The quantitative estimate of drug-likeness (QED) is 0.398. The molecular weight excluding hydrogens is 374 g/mol. The van der Waals surface area contributed by atoms with E-state index in [1.807, 2.05) is 0 Å². The molecule has 7 heteroatoms. The maximum atomic E-state index is 11.9. The molecule has 0 fully saturated rings. The highest BCUT2D eigenvalue weighted by Gasteiger charge is 2.08. The summed E-state index contributed by atoms with van der Waals surface area (Å²) in [6.45, 7) is 3.56. The van der Waals surface area contributed by atoms with E-state index in [0.29, 0.717) is 23.6 Å². The van der Waals surface area contributed by atoms with Gasteiger partial charge in [0.15, 0.2) is 6.61 Å². The molecule has 0 radical (unpaired) electrons. The van der Waals surface area contributed by atoms with Crippen molar-refractivity contribution in [3.63, 3.8) is 0 Å². The van der Waals surface area contributed by atoms with Crippen molar-refractivity contribution in [2.45, 2.75) is 0 Å². The molecule has 0 bridgehead atoms. The van der Waals surface area contributed by atoms with Crippen LogP contribution < -0.4 is 10.1 Å². The maximum absolute atomic E-state index is 11.9. The minimum Gasteiger partial charge on any atom is -0.490 e. The van der Waals surface area contributed by atoms with E-state index in [9.17, 15) is 14.4 Å². The van der Waals surface area contributed by atoms with Gasteiger partial charge in [-0.25, -0.2) is 9.59 Å². The van der Waals surface area contributed by atoms with Gasteiger partial charge in [-0.2, -0.15) is 0 Å². The number of nitrogens with one attached hydrogen (secondary N) is 1. The standard InChI is InChI=1S/C22H21NO6/c1-3-14-28-19-11-4-16(5-12-19)6-13-21(25)29-15-20(24)23-18-9-7-17(8-10-18)22(26)27-2/h3-13H,1,14-15H2,2H3,(H,23,24)/b13-6+. The van der Waals surface area contributed by atoms with Crippen LogP contribution in [0.15, 0.2) is 67.3 Å². The Morgan fingerprint density at radius 3 is 2.34 bits per heavy atom. The van der Waals surface area contributed by atoms with E-state index >= 15 is 0 Å². The first kappa shape index (κ1) is 21.4. The highest BCUT2D eigenvalue weighted by Crippen LogP contribution is 2.13. The van der Waals surface area contributed by atoms with Gasteiger partial charge in [-0.15, -0.1) is 0 Å². The lowest BCUT2D eigenvalue weighted by Crippen LogP contribution is -2.20. The van der Waals surface area contributed by atoms with Crippen LogP contribution >= 0.6 is 0 Å². The molecule has 2 aromatic rings. The number of rotatable bonds is 9. The zero-order valence-electron chi connectivity index (χ0n) is 15.9. The first-order valence-electron chi connectivity index (χ1n) is 8.68. The van der Waals surface area contributed by atoms with E-state index in [4.69, 9.17) is 9.47 Å². The van der Waals surface area contributed by atoms with E-state index in [1.54, 1.807) is 48.6 Å². The lowest BCUT2D eigenvalue weighted by Gasteiger charge is -2.06. The number of anilines is 1. The third-order valence-electron chi connectivity index (χ3n) is 3.60. The van der Waals surface area contributed by atoms with Crippen LogP contribution in [0.5, 0.6) is 5.75 Å². The van der Waals surface area contributed by atoms with Crippen molar-refractivity contribution in [2.75, 3.05) is 25.6 Å². The molecule has 0 saturated carbocycles. The van der Waals surface area contributed by atoms with Crippen molar-refractivity contribution in [3.05, 3.63) is 78.4 Å². The molecule has 0 spiro atoms. The Bertz CT molecular complexity index is 885. The smallest absolute Gasteiger partial charge is 0.337 e. The van der Waals surface area contributed by atoms with E-state index in [0.717, 1.165) is 5.56 Å². The molecule has 0 aliphatic rings. The fourth-order valence-corrected chi connectivity index (χ4v) is 2.18. The van der Waals surface area contributed by atoms with Gasteiger partial charge in [-0.3, -0.25) is 4.79 Å². The van der Waals surface area contributed by atoms with Crippen molar-refractivity contribution in [3.8, 4) is 5.75 Å². The third kappa shape index (κ3) is 7.34. The fraction of sp³-hybridized carbons (Fsp3) is 0.136. The molecule has 0 aliphatic heterocycles. The highest BCUT2D eigenvalue weighted by atomic mass is 16.5. The van der Waals surface area contributed by atoms with Gasteiger partial charge < -0.3 is 19.5 Å². The predicted molar refractivity (Wildman–Crippen MR) is 109 cm³/mol. The Balaban J connectivity index is 1.77. The molecule has 0 unspecified atom stereocenters. The molecule has 0 atom stereocenters. The Kier molecular flexibility index (Phi) is 8.19. The summed E-state index contributed by atoms with van der Waals surface area (Å²) in [6.07, 6.45) is 4.46. The van der Waals surface area contributed by atoms with Gasteiger partial charge >= 0.3 is 11.9 Å². The number of methoxy groups -OCH3 is 1. The van der Waals surface area contributed by atoms with Crippen molar-refractivity contribution >= 4 is 29.6 Å². The number of amides is 1. The Labute approximate surface area is 168 Å². The van der Waals surface area contributed by atoms with Gasteiger partial charge in [0.1, 0.15) is 12.4 Å². The number of esters is 2. The molecule has 7 nitrogen and oxygen atoms in total. The molecule has 0 saturated heterocycles. The van der Waals surface area contributed by atoms with Gasteiger partial charge in [0.25, 0.3) is 5.91 Å². The molecule has 1 N–H and O–H groups in total. The summed E-state index contributed by atoms with van der Waals surface area (Å²) >= 11 is 0. The molecule has 29 heavy (non-hydrogen) atoms. The molecule has 150 valence electrons. The van der Waals surface area contributed by atoms with E-state index in [1.165, 1.54) is 25.3 Å². The van der Waals surface area contributed by atoms with Crippen LogP contribution in [-0.2, 0) is 19.1 Å². The predicted octanol–water partition coefficient (Wildman–Crippen LogP) is 3.23. The second-order valence-electron chi connectivity index (χ2n) is 5.73. The first-order valence-corrected chi connectivity index (χ1v) is 8.68. The van der Waals surface area contributed by atoms with Crippen LogP contribution in [-0.4, -0.2) is 38.2 Å². The number of ether oxygens (including phenoxy) is 3. The second-order valence-corrected chi connectivity index (χ2v) is 5.73. The Morgan fingerprint density at radius 1 is 1.03 bits per heavy atom. The third-order valence-corrected chi connectivity index (χ3v) is 3.60. The Hall–Kier alpha value is -3.87. The summed E-state index contributed by atoms with van der Waals surface area (Å²) in [4.78, 5) is 35.0. The normalized spacial score (nSPS) is 10.2. The maximum Gasteiger partial charge on any atom is 0.337 e. The van der Waals surface area contributed by atoms with Gasteiger partial charge in [0, 0.05) is 11.8 Å². The summed E-state index contributed by atoms with van der Waals surface area (Å²) < 4.78 is 14.9. The number of hydrogen-bond acceptors (Lipinski definition) is 6. The fourth-order valence-electron chi connectivity index (χ4n) is 2.18. The summed E-state index contributed by atoms with van der Waals surface area (Å²) in [5.41, 5.74) is 1.61.